The normalized spacial score (nSPS) is 17.3. The summed E-state index contributed by atoms with van der Waals surface area (Å²) in [7, 11) is 3.43. The minimum Gasteiger partial charge on any atom is -0.370 e. The van der Waals surface area contributed by atoms with E-state index in [2.05, 4.69) is 45.6 Å². The number of guanidine groups is 1. The number of aliphatic imine (C=N–C) groups is 1. The highest BCUT2D eigenvalue weighted by atomic mass is 16.5. The van der Waals surface area contributed by atoms with Crippen molar-refractivity contribution < 1.29 is 9.53 Å². The van der Waals surface area contributed by atoms with E-state index in [0.717, 1.165) is 24.6 Å². The Morgan fingerprint density at radius 3 is 2.82 bits per heavy atom. The van der Waals surface area contributed by atoms with Gasteiger partial charge in [0.05, 0.1) is 13.2 Å². The van der Waals surface area contributed by atoms with Crippen molar-refractivity contribution in [3.05, 3.63) is 70.8 Å². The second-order valence-electron chi connectivity index (χ2n) is 6.84. The molecule has 2 aromatic carbocycles. The molecule has 6 heteroatoms. The largest absolute Gasteiger partial charge is 0.370 e. The maximum atomic E-state index is 11.8. The summed E-state index contributed by atoms with van der Waals surface area (Å²) in [6.07, 6.45) is 0.0325. The van der Waals surface area contributed by atoms with Gasteiger partial charge in [0, 0.05) is 32.7 Å². The number of ether oxygens (including phenoxy) is 1. The van der Waals surface area contributed by atoms with Gasteiger partial charge < -0.3 is 20.3 Å². The van der Waals surface area contributed by atoms with Gasteiger partial charge in [-0.1, -0.05) is 36.4 Å². The van der Waals surface area contributed by atoms with E-state index in [9.17, 15) is 4.79 Å². The first-order valence-electron chi connectivity index (χ1n) is 9.56. The van der Waals surface area contributed by atoms with Crippen molar-refractivity contribution in [1.29, 1.82) is 0 Å². The predicted octanol–water partition coefficient (Wildman–Crippen LogP) is 2.50. The number of rotatable bonds is 4. The number of nitrogens with zero attached hydrogens (tertiary/aromatic N) is 2. The Labute approximate surface area is 166 Å². The van der Waals surface area contributed by atoms with Crippen molar-refractivity contribution in [1.82, 2.24) is 15.5 Å². The summed E-state index contributed by atoms with van der Waals surface area (Å²) in [5.41, 5.74) is 4.15. The monoisotopic (exact) mass is 380 g/mol. The average molecular weight is 380 g/mol. The van der Waals surface area contributed by atoms with Gasteiger partial charge >= 0.3 is 0 Å². The van der Waals surface area contributed by atoms with E-state index in [-0.39, 0.29) is 12.0 Å². The van der Waals surface area contributed by atoms with Crippen LogP contribution in [0.1, 0.15) is 33.2 Å². The van der Waals surface area contributed by atoms with Crippen LogP contribution in [0.2, 0.25) is 0 Å². The number of hydrogen-bond donors (Lipinski definition) is 2. The zero-order valence-corrected chi connectivity index (χ0v) is 16.7. The molecule has 1 aliphatic rings. The van der Waals surface area contributed by atoms with Crippen LogP contribution in [-0.2, 0) is 11.3 Å². The number of amides is 1. The molecule has 1 heterocycles. The van der Waals surface area contributed by atoms with E-state index < -0.39 is 0 Å². The average Bonchev–Trinajstić information content (AvgIpc) is 2.74. The number of morpholine rings is 1. The first-order valence-corrected chi connectivity index (χ1v) is 9.56. The molecule has 0 spiro atoms. The van der Waals surface area contributed by atoms with E-state index in [4.69, 9.17) is 4.74 Å². The number of carbonyl (C=O) groups excluding carboxylic acids is 1. The quantitative estimate of drug-likeness (QED) is 0.632. The number of hydrogen-bond acceptors (Lipinski definition) is 3. The highest BCUT2D eigenvalue weighted by Crippen LogP contribution is 2.25. The number of nitrogens with one attached hydrogen (secondary N) is 2. The van der Waals surface area contributed by atoms with Crippen LogP contribution in [0.15, 0.2) is 53.5 Å². The van der Waals surface area contributed by atoms with Crippen LogP contribution >= 0.6 is 0 Å². The van der Waals surface area contributed by atoms with Gasteiger partial charge in [0.2, 0.25) is 0 Å². The fourth-order valence-electron chi connectivity index (χ4n) is 3.46. The van der Waals surface area contributed by atoms with Crippen molar-refractivity contribution in [3.63, 3.8) is 0 Å². The Kier molecular flexibility index (Phi) is 6.66. The molecule has 1 saturated heterocycles. The summed E-state index contributed by atoms with van der Waals surface area (Å²) in [6, 6.07) is 16.0. The van der Waals surface area contributed by atoms with Crippen molar-refractivity contribution in [3.8, 4) is 0 Å². The van der Waals surface area contributed by atoms with Gasteiger partial charge in [-0.15, -0.1) is 0 Å². The molecule has 0 saturated carbocycles. The van der Waals surface area contributed by atoms with Gasteiger partial charge in [0.25, 0.3) is 5.91 Å². The van der Waals surface area contributed by atoms with Crippen LogP contribution in [-0.4, -0.2) is 50.6 Å². The lowest BCUT2D eigenvalue weighted by atomic mass is 10.0. The third-order valence-corrected chi connectivity index (χ3v) is 4.98. The van der Waals surface area contributed by atoms with Crippen molar-refractivity contribution >= 4 is 11.9 Å². The summed E-state index contributed by atoms with van der Waals surface area (Å²) >= 11 is 0. The number of carbonyl (C=O) groups is 1. The molecule has 3 rings (SSSR count). The van der Waals surface area contributed by atoms with Gasteiger partial charge in [0.1, 0.15) is 6.10 Å². The topological polar surface area (TPSA) is 66.0 Å². The maximum Gasteiger partial charge on any atom is 0.251 e. The molecule has 0 aromatic heterocycles. The van der Waals surface area contributed by atoms with Crippen molar-refractivity contribution in [2.24, 2.45) is 4.99 Å². The molecule has 1 atom stereocenters. The zero-order chi connectivity index (χ0) is 19.9. The van der Waals surface area contributed by atoms with E-state index in [1.54, 1.807) is 14.1 Å². The first kappa shape index (κ1) is 19.9. The molecule has 0 bridgehead atoms. The molecule has 1 amide bonds. The number of benzene rings is 2. The Hall–Kier alpha value is -2.86. The summed E-state index contributed by atoms with van der Waals surface area (Å²) < 4.78 is 6.02. The van der Waals surface area contributed by atoms with E-state index >= 15 is 0 Å². The molecule has 0 radical (unpaired) electrons. The van der Waals surface area contributed by atoms with Gasteiger partial charge in [-0.25, -0.2) is 0 Å². The molecule has 6 nitrogen and oxygen atoms in total. The highest BCUT2D eigenvalue weighted by molar-refractivity contribution is 5.94. The van der Waals surface area contributed by atoms with Crippen molar-refractivity contribution in [2.75, 3.05) is 33.8 Å². The summed E-state index contributed by atoms with van der Waals surface area (Å²) in [5, 5.41) is 6.07. The molecule has 1 aliphatic heterocycles. The smallest absolute Gasteiger partial charge is 0.251 e. The molecular formula is C22H28N4O2. The number of aryl methyl sites for hydroxylation is 1. The van der Waals surface area contributed by atoms with E-state index in [0.29, 0.717) is 18.7 Å². The molecular weight excluding hydrogens is 352 g/mol. The molecule has 28 heavy (non-hydrogen) atoms. The molecule has 2 aromatic rings. The van der Waals surface area contributed by atoms with Crippen LogP contribution in [0.5, 0.6) is 0 Å². The third-order valence-electron chi connectivity index (χ3n) is 4.98. The summed E-state index contributed by atoms with van der Waals surface area (Å²) in [6.45, 7) is 4.92. The van der Waals surface area contributed by atoms with Crippen LogP contribution in [0, 0.1) is 6.92 Å². The second kappa shape index (κ2) is 9.37. The summed E-state index contributed by atoms with van der Waals surface area (Å²) in [5.74, 6) is 0.757. The highest BCUT2D eigenvalue weighted by Gasteiger charge is 2.25. The van der Waals surface area contributed by atoms with Crippen LogP contribution in [0.4, 0.5) is 0 Å². The third kappa shape index (κ3) is 4.70. The molecule has 148 valence electrons. The second-order valence-corrected chi connectivity index (χ2v) is 6.84. The van der Waals surface area contributed by atoms with Gasteiger partial charge in [-0.2, -0.15) is 0 Å². The first-order chi connectivity index (χ1) is 13.6. The summed E-state index contributed by atoms with van der Waals surface area (Å²) in [4.78, 5) is 18.5. The molecule has 0 aliphatic carbocycles. The Morgan fingerprint density at radius 2 is 2.07 bits per heavy atom. The van der Waals surface area contributed by atoms with Gasteiger partial charge in [-0.3, -0.25) is 9.79 Å². The SMILES string of the molecule is CN=C(NCc1cccc(C(=O)NC)c1)N1CCOC(c2ccccc2C)C1. The van der Waals surface area contributed by atoms with Crippen LogP contribution < -0.4 is 10.6 Å². The van der Waals surface area contributed by atoms with Gasteiger partial charge in [0.15, 0.2) is 5.96 Å². The maximum absolute atomic E-state index is 11.8. The zero-order valence-electron chi connectivity index (χ0n) is 16.7. The molecule has 1 unspecified atom stereocenters. The van der Waals surface area contributed by atoms with Crippen LogP contribution in [0.25, 0.3) is 0 Å². The molecule has 1 fully saturated rings. The molecule has 2 N–H and O–H groups in total. The standard InChI is InChI=1S/C22H28N4O2/c1-16-7-4-5-10-19(16)20-15-26(11-12-28-20)22(24-3)25-14-17-8-6-9-18(13-17)21(27)23-2/h4-10,13,20H,11-12,14-15H2,1-3H3,(H,23,27)(H,24,25). The van der Waals surface area contributed by atoms with E-state index in [1.165, 1.54) is 11.1 Å². The Bertz CT molecular complexity index is 850. The fourth-order valence-corrected chi connectivity index (χ4v) is 3.46. The van der Waals surface area contributed by atoms with E-state index in [1.807, 2.05) is 30.3 Å². The predicted molar refractivity (Wildman–Crippen MR) is 111 cm³/mol. The Morgan fingerprint density at radius 1 is 1.25 bits per heavy atom. The fraction of sp³-hybridized carbons (Fsp3) is 0.364. The lowest BCUT2D eigenvalue weighted by molar-refractivity contribution is -0.00834. The lowest BCUT2D eigenvalue weighted by Gasteiger charge is -2.35. The minimum atomic E-state index is -0.0829. The lowest BCUT2D eigenvalue weighted by Crippen LogP contribution is -2.48. The van der Waals surface area contributed by atoms with Gasteiger partial charge in [-0.05, 0) is 35.7 Å². The van der Waals surface area contributed by atoms with Crippen LogP contribution in [0.3, 0.4) is 0 Å². The van der Waals surface area contributed by atoms with Crippen molar-refractivity contribution in [2.45, 2.75) is 19.6 Å². The minimum absolute atomic E-state index is 0.0325. The Balaban J connectivity index is 1.65.